The van der Waals surface area contributed by atoms with Crippen LogP contribution in [0.1, 0.15) is 44.2 Å². The Labute approximate surface area is 103 Å². The second-order valence-electron chi connectivity index (χ2n) is 4.22. The van der Waals surface area contributed by atoms with Crippen LogP contribution in [0.3, 0.4) is 0 Å². The molecule has 0 aliphatic carbocycles. The van der Waals surface area contributed by atoms with E-state index in [1.165, 1.54) is 12.8 Å². The summed E-state index contributed by atoms with van der Waals surface area (Å²) in [6.45, 7) is 3.03. The molecule has 0 aromatic heterocycles. The molecule has 3 nitrogen and oxygen atoms in total. The minimum absolute atomic E-state index is 0.0782. The molecule has 3 heteroatoms. The summed E-state index contributed by atoms with van der Waals surface area (Å²) in [7, 11) is 0. The van der Waals surface area contributed by atoms with Gasteiger partial charge in [0.1, 0.15) is 0 Å². The number of hydrogen-bond donors (Lipinski definition) is 2. The molecule has 0 heterocycles. The first-order chi connectivity index (χ1) is 8.24. The largest absolute Gasteiger partial charge is 0.481 e. The van der Waals surface area contributed by atoms with E-state index in [1.54, 1.807) is 0 Å². The fourth-order valence-corrected chi connectivity index (χ4v) is 1.82. The summed E-state index contributed by atoms with van der Waals surface area (Å²) in [5.41, 5.74) is 1.05. The Balaban J connectivity index is 2.52. The van der Waals surface area contributed by atoms with Gasteiger partial charge in [-0.3, -0.25) is 4.79 Å². The second kappa shape index (κ2) is 7.85. The van der Waals surface area contributed by atoms with E-state index in [0.29, 0.717) is 0 Å². The van der Waals surface area contributed by atoms with Crippen LogP contribution in [0.25, 0.3) is 0 Å². The van der Waals surface area contributed by atoms with Crippen molar-refractivity contribution in [1.29, 1.82) is 0 Å². The predicted molar refractivity (Wildman–Crippen MR) is 69.0 cm³/mol. The van der Waals surface area contributed by atoms with Crippen LogP contribution in [0, 0.1) is 0 Å². The molecule has 0 amide bonds. The van der Waals surface area contributed by atoms with Gasteiger partial charge in [-0.2, -0.15) is 0 Å². The molecule has 94 valence electrons. The summed E-state index contributed by atoms with van der Waals surface area (Å²) in [4.78, 5) is 10.8. The first-order valence-electron chi connectivity index (χ1n) is 6.24. The molecule has 1 rings (SSSR count). The van der Waals surface area contributed by atoms with Gasteiger partial charge in [-0.15, -0.1) is 0 Å². The van der Waals surface area contributed by atoms with Crippen molar-refractivity contribution in [3.63, 3.8) is 0 Å². The zero-order valence-corrected chi connectivity index (χ0v) is 10.4. The molecular formula is C14H21NO2. The van der Waals surface area contributed by atoms with E-state index >= 15 is 0 Å². The number of unbranched alkanes of at least 4 members (excludes halogenated alkanes) is 2. The van der Waals surface area contributed by atoms with Crippen LogP contribution in [0.5, 0.6) is 0 Å². The molecule has 1 atom stereocenters. The molecule has 0 fully saturated rings. The first kappa shape index (κ1) is 13.7. The zero-order chi connectivity index (χ0) is 12.5. The molecule has 2 N–H and O–H groups in total. The maximum Gasteiger partial charge on any atom is 0.305 e. The molecule has 0 aliphatic rings. The van der Waals surface area contributed by atoms with Gasteiger partial charge < -0.3 is 10.4 Å². The Hall–Kier alpha value is -1.35. The quantitative estimate of drug-likeness (QED) is 0.681. The van der Waals surface area contributed by atoms with Crippen LogP contribution in [0.2, 0.25) is 0 Å². The highest BCUT2D eigenvalue weighted by Gasteiger charge is 2.13. The lowest BCUT2D eigenvalue weighted by Gasteiger charge is -2.17. The summed E-state index contributed by atoms with van der Waals surface area (Å²) in [5, 5.41) is 12.2. The van der Waals surface area contributed by atoms with Crippen molar-refractivity contribution < 1.29 is 9.90 Å². The van der Waals surface area contributed by atoms with Gasteiger partial charge >= 0.3 is 5.97 Å². The van der Waals surface area contributed by atoms with Gasteiger partial charge in [-0.25, -0.2) is 0 Å². The number of benzene rings is 1. The van der Waals surface area contributed by atoms with Crippen molar-refractivity contribution in [2.45, 2.75) is 38.6 Å². The lowest BCUT2D eigenvalue weighted by molar-refractivity contribution is -0.137. The molecule has 0 saturated heterocycles. The third kappa shape index (κ3) is 5.50. The van der Waals surface area contributed by atoms with Gasteiger partial charge in [0.25, 0.3) is 0 Å². The van der Waals surface area contributed by atoms with E-state index in [2.05, 4.69) is 12.2 Å². The third-order valence-corrected chi connectivity index (χ3v) is 2.75. The van der Waals surface area contributed by atoms with Crippen molar-refractivity contribution >= 4 is 5.97 Å². The Bertz CT molecular complexity index is 324. The van der Waals surface area contributed by atoms with Gasteiger partial charge in [0.15, 0.2) is 0 Å². The number of hydrogen-bond acceptors (Lipinski definition) is 2. The van der Waals surface area contributed by atoms with Crippen molar-refractivity contribution in [2.75, 3.05) is 6.54 Å². The topological polar surface area (TPSA) is 49.3 Å². The highest BCUT2D eigenvalue weighted by molar-refractivity contribution is 5.67. The minimum Gasteiger partial charge on any atom is -0.481 e. The van der Waals surface area contributed by atoms with Crippen LogP contribution in [0.15, 0.2) is 30.3 Å². The molecule has 0 spiro atoms. The maximum atomic E-state index is 10.8. The van der Waals surface area contributed by atoms with Crippen molar-refractivity contribution in [1.82, 2.24) is 5.32 Å². The normalized spacial score (nSPS) is 12.3. The lowest BCUT2D eigenvalue weighted by atomic mass is 10.0. The first-order valence-corrected chi connectivity index (χ1v) is 6.24. The highest BCUT2D eigenvalue weighted by Crippen LogP contribution is 2.16. The lowest BCUT2D eigenvalue weighted by Crippen LogP contribution is -2.24. The number of nitrogens with one attached hydrogen (secondary N) is 1. The van der Waals surface area contributed by atoms with Crippen LogP contribution in [-0.4, -0.2) is 17.6 Å². The fraction of sp³-hybridized carbons (Fsp3) is 0.500. The molecule has 1 aromatic carbocycles. The summed E-state index contributed by atoms with van der Waals surface area (Å²) < 4.78 is 0. The van der Waals surface area contributed by atoms with Crippen LogP contribution in [0.4, 0.5) is 0 Å². The highest BCUT2D eigenvalue weighted by atomic mass is 16.4. The Morgan fingerprint density at radius 1 is 1.29 bits per heavy atom. The Morgan fingerprint density at radius 3 is 2.59 bits per heavy atom. The van der Waals surface area contributed by atoms with Crippen molar-refractivity contribution in [3.05, 3.63) is 35.9 Å². The van der Waals surface area contributed by atoms with Crippen LogP contribution in [-0.2, 0) is 4.79 Å². The van der Waals surface area contributed by atoms with E-state index < -0.39 is 5.97 Å². The predicted octanol–water partition coefficient (Wildman–Crippen LogP) is 2.98. The third-order valence-electron chi connectivity index (χ3n) is 2.75. The average Bonchev–Trinajstić information content (AvgIpc) is 2.34. The molecule has 1 aromatic rings. The smallest absolute Gasteiger partial charge is 0.305 e. The van der Waals surface area contributed by atoms with E-state index in [0.717, 1.165) is 18.5 Å². The van der Waals surface area contributed by atoms with Gasteiger partial charge in [0, 0.05) is 6.04 Å². The standard InChI is InChI=1S/C14H21NO2/c1-2-3-7-10-15-13(11-14(16)17)12-8-5-4-6-9-12/h4-6,8-9,13,15H,2-3,7,10-11H2,1H3,(H,16,17)/t13-/m1/s1. The molecule has 0 bridgehead atoms. The molecule has 0 radical (unpaired) electrons. The van der Waals surface area contributed by atoms with Gasteiger partial charge in [0.05, 0.1) is 6.42 Å². The number of carboxylic acids is 1. The molecular weight excluding hydrogens is 214 g/mol. The molecule has 17 heavy (non-hydrogen) atoms. The van der Waals surface area contributed by atoms with Gasteiger partial charge in [-0.05, 0) is 18.5 Å². The summed E-state index contributed by atoms with van der Waals surface area (Å²) in [6, 6.07) is 9.69. The molecule has 0 unspecified atom stereocenters. The summed E-state index contributed by atoms with van der Waals surface area (Å²) in [5.74, 6) is -0.762. The van der Waals surface area contributed by atoms with E-state index in [9.17, 15) is 4.79 Å². The van der Waals surface area contributed by atoms with Crippen molar-refractivity contribution in [2.24, 2.45) is 0 Å². The van der Waals surface area contributed by atoms with Crippen molar-refractivity contribution in [3.8, 4) is 0 Å². The monoisotopic (exact) mass is 235 g/mol. The van der Waals surface area contributed by atoms with E-state index in [1.807, 2.05) is 30.3 Å². The number of rotatable bonds is 8. The number of aliphatic carboxylic acids is 1. The minimum atomic E-state index is -0.762. The van der Waals surface area contributed by atoms with Gasteiger partial charge in [-0.1, -0.05) is 50.1 Å². The van der Waals surface area contributed by atoms with Gasteiger partial charge in [0.2, 0.25) is 0 Å². The van der Waals surface area contributed by atoms with E-state index in [4.69, 9.17) is 5.11 Å². The molecule has 0 saturated carbocycles. The maximum absolute atomic E-state index is 10.8. The second-order valence-corrected chi connectivity index (χ2v) is 4.22. The zero-order valence-electron chi connectivity index (χ0n) is 10.4. The van der Waals surface area contributed by atoms with Crippen LogP contribution < -0.4 is 5.32 Å². The summed E-state index contributed by atoms with van der Waals surface area (Å²) in [6.07, 6.45) is 3.59. The average molecular weight is 235 g/mol. The molecule has 0 aliphatic heterocycles. The number of carboxylic acid groups (broad SMARTS) is 1. The Kier molecular flexibility index (Phi) is 6.33. The number of carbonyl (C=O) groups is 1. The SMILES string of the molecule is CCCCCN[C@H](CC(=O)O)c1ccccc1. The summed E-state index contributed by atoms with van der Waals surface area (Å²) >= 11 is 0. The van der Waals surface area contributed by atoms with E-state index in [-0.39, 0.29) is 12.5 Å². The van der Waals surface area contributed by atoms with Crippen LogP contribution >= 0.6 is 0 Å². The fourth-order valence-electron chi connectivity index (χ4n) is 1.82. The Morgan fingerprint density at radius 2 is 2.00 bits per heavy atom.